The fourth-order valence-corrected chi connectivity index (χ4v) is 3.02. The Morgan fingerprint density at radius 1 is 0.900 bits per heavy atom. The molecule has 98 valence electrons. The van der Waals surface area contributed by atoms with Crippen LogP contribution in [0.4, 0.5) is 0 Å². The van der Waals surface area contributed by atoms with Crippen LogP contribution >= 0.6 is 0 Å². The van der Waals surface area contributed by atoms with Crippen LogP contribution in [-0.4, -0.2) is 9.97 Å². The third kappa shape index (κ3) is 1.94. The van der Waals surface area contributed by atoms with Gasteiger partial charge in [0.05, 0.1) is 0 Å². The van der Waals surface area contributed by atoms with Gasteiger partial charge in [0.15, 0.2) is 0 Å². The Balaban J connectivity index is 1.70. The highest BCUT2D eigenvalue weighted by molar-refractivity contribution is 5.69. The van der Waals surface area contributed by atoms with Crippen molar-refractivity contribution in [1.29, 1.82) is 0 Å². The van der Waals surface area contributed by atoms with E-state index in [0.29, 0.717) is 11.8 Å². The Bertz CT molecular complexity index is 701. The van der Waals surface area contributed by atoms with Crippen molar-refractivity contribution in [3.8, 4) is 11.1 Å². The molecule has 2 heteroatoms. The maximum atomic E-state index is 4.40. The summed E-state index contributed by atoms with van der Waals surface area (Å²) in [6, 6.07) is 19.4. The maximum absolute atomic E-state index is 4.40. The van der Waals surface area contributed by atoms with Crippen molar-refractivity contribution in [3.63, 3.8) is 0 Å². The van der Waals surface area contributed by atoms with Crippen LogP contribution < -0.4 is 0 Å². The number of nitrogens with zero attached hydrogens (tertiary/aromatic N) is 1. The Hall–Kier alpha value is -2.35. The monoisotopic (exact) mass is 260 g/mol. The van der Waals surface area contributed by atoms with Crippen molar-refractivity contribution in [1.82, 2.24) is 9.97 Å². The van der Waals surface area contributed by atoms with Gasteiger partial charge in [0.25, 0.3) is 0 Å². The minimum absolute atomic E-state index is 0.551. The van der Waals surface area contributed by atoms with Gasteiger partial charge in [-0.2, -0.15) is 0 Å². The van der Waals surface area contributed by atoms with E-state index in [1.165, 1.54) is 23.1 Å². The number of hydrogen-bond donors (Lipinski definition) is 1. The van der Waals surface area contributed by atoms with Crippen molar-refractivity contribution in [2.75, 3.05) is 0 Å². The van der Waals surface area contributed by atoms with Gasteiger partial charge in [-0.3, -0.25) is 0 Å². The molecule has 2 atom stereocenters. The highest BCUT2D eigenvalue weighted by Crippen LogP contribution is 2.55. The number of hydrogen-bond acceptors (Lipinski definition) is 1. The summed E-state index contributed by atoms with van der Waals surface area (Å²) in [5.41, 5.74) is 4.10. The molecule has 1 aromatic heterocycles. The molecule has 0 radical (unpaired) electrons. The lowest BCUT2D eigenvalue weighted by molar-refractivity contribution is 0.931. The Morgan fingerprint density at radius 2 is 1.70 bits per heavy atom. The van der Waals surface area contributed by atoms with Crippen molar-refractivity contribution in [2.24, 2.45) is 0 Å². The molecule has 1 fully saturated rings. The zero-order chi connectivity index (χ0) is 13.4. The molecular formula is C18H16N2. The highest BCUT2D eigenvalue weighted by Gasteiger charge is 2.42. The zero-order valence-electron chi connectivity index (χ0n) is 11.2. The first-order chi connectivity index (χ1) is 9.93. The number of rotatable bonds is 3. The van der Waals surface area contributed by atoms with Crippen molar-refractivity contribution in [3.05, 3.63) is 78.4 Å². The lowest BCUT2D eigenvalue weighted by atomic mass is 9.96. The van der Waals surface area contributed by atoms with Crippen LogP contribution in [0.2, 0.25) is 0 Å². The van der Waals surface area contributed by atoms with E-state index in [-0.39, 0.29) is 0 Å². The van der Waals surface area contributed by atoms with Gasteiger partial charge < -0.3 is 4.98 Å². The molecular weight excluding hydrogens is 244 g/mol. The molecule has 0 saturated heterocycles. The molecule has 20 heavy (non-hydrogen) atoms. The van der Waals surface area contributed by atoms with E-state index in [4.69, 9.17) is 0 Å². The van der Waals surface area contributed by atoms with Crippen LogP contribution in [0.25, 0.3) is 11.1 Å². The Morgan fingerprint density at radius 3 is 2.50 bits per heavy atom. The minimum atomic E-state index is 0.551. The quantitative estimate of drug-likeness (QED) is 0.745. The number of aromatic amines is 1. The van der Waals surface area contributed by atoms with Crippen molar-refractivity contribution >= 4 is 0 Å². The van der Waals surface area contributed by atoms with Gasteiger partial charge in [0.1, 0.15) is 5.82 Å². The van der Waals surface area contributed by atoms with Crippen LogP contribution in [0.1, 0.15) is 29.6 Å². The topological polar surface area (TPSA) is 28.7 Å². The first-order valence-electron chi connectivity index (χ1n) is 7.07. The average molecular weight is 260 g/mol. The van der Waals surface area contributed by atoms with Crippen LogP contribution in [0.3, 0.4) is 0 Å². The number of H-pyrrole nitrogens is 1. The predicted octanol–water partition coefficient (Wildman–Crippen LogP) is 4.35. The van der Waals surface area contributed by atoms with E-state index in [1.54, 1.807) is 0 Å². The molecule has 2 aromatic carbocycles. The predicted molar refractivity (Wildman–Crippen MR) is 80.6 cm³/mol. The number of imidazole rings is 1. The smallest absolute Gasteiger partial charge is 0.109 e. The summed E-state index contributed by atoms with van der Waals surface area (Å²) in [6.07, 6.45) is 4.94. The normalized spacial score (nSPS) is 20.8. The molecule has 1 aliphatic carbocycles. The SMILES string of the molecule is c1ccc(-c2ccccc2C2CC2c2ncc[nH]2)cc1. The number of aromatic nitrogens is 2. The van der Waals surface area contributed by atoms with E-state index in [1.807, 2.05) is 12.4 Å². The third-order valence-corrected chi connectivity index (χ3v) is 4.11. The van der Waals surface area contributed by atoms with Gasteiger partial charge in [0, 0.05) is 18.3 Å². The highest BCUT2D eigenvalue weighted by atomic mass is 14.9. The van der Waals surface area contributed by atoms with Crippen molar-refractivity contribution < 1.29 is 0 Å². The minimum Gasteiger partial charge on any atom is -0.348 e. The van der Waals surface area contributed by atoms with E-state index >= 15 is 0 Å². The standard InChI is InChI=1S/C18H16N2/c1-2-6-13(7-3-1)14-8-4-5-9-15(14)16-12-17(16)18-19-10-11-20-18/h1-11,16-17H,12H2,(H,19,20). The molecule has 3 aromatic rings. The van der Waals surface area contributed by atoms with E-state index in [0.717, 1.165) is 5.82 Å². The second-order valence-corrected chi connectivity index (χ2v) is 5.38. The molecule has 1 heterocycles. The molecule has 4 rings (SSSR count). The summed E-state index contributed by atoms with van der Waals surface area (Å²) < 4.78 is 0. The molecule has 1 aliphatic rings. The lowest BCUT2D eigenvalue weighted by Gasteiger charge is -2.09. The average Bonchev–Trinajstić information content (AvgIpc) is 3.13. The summed E-state index contributed by atoms with van der Waals surface area (Å²) in [5.74, 6) is 2.27. The van der Waals surface area contributed by atoms with E-state index in [9.17, 15) is 0 Å². The second-order valence-electron chi connectivity index (χ2n) is 5.38. The molecule has 1 N–H and O–H groups in total. The van der Waals surface area contributed by atoms with Crippen LogP contribution in [-0.2, 0) is 0 Å². The fraction of sp³-hybridized carbons (Fsp3) is 0.167. The van der Waals surface area contributed by atoms with Crippen LogP contribution in [0, 0.1) is 0 Å². The van der Waals surface area contributed by atoms with Gasteiger partial charge in [-0.25, -0.2) is 4.98 Å². The van der Waals surface area contributed by atoms with Gasteiger partial charge >= 0.3 is 0 Å². The summed E-state index contributed by atoms with van der Waals surface area (Å²) in [6.45, 7) is 0. The lowest BCUT2D eigenvalue weighted by Crippen LogP contribution is -1.90. The van der Waals surface area contributed by atoms with Gasteiger partial charge in [-0.1, -0.05) is 54.6 Å². The van der Waals surface area contributed by atoms with Gasteiger partial charge in [0.2, 0.25) is 0 Å². The molecule has 0 amide bonds. The summed E-state index contributed by atoms with van der Waals surface area (Å²) in [7, 11) is 0. The summed E-state index contributed by atoms with van der Waals surface area (Å²) in [4.78, 5) is 7.65. The Labute approximate surface area is 118 Å². The molecule has 0 spiro atoms. The zero-order valence-corrected chi connectivity index (χ0v) is 11.2. The molecule has 2 unspecified atom stereocenters. The number of nitrogens with one attached hydrogen (secondary N) is 1. The largest absolute Gasteiger partial charge is 0.348 e. The van der Waals surface area contributed by atoms with Crippen LogP contribution in [0.5, 0.6) is 0 Å². The molecule has 0 bridgehead atoms. The van der Waals surface area contributed by atoms with Gasteiger partial charge in [-0.05, 0) is 29.0 Å². The molecule has 1 saturated carbocycles. The maximum Gasteiger partial charge on any atom is 0.109 e. The van der Waals surface area contributed by atoms with Gasteiger partial charge in [-0.15, -0.1) is 0 Å². The van der Waals surface area contributed by atoms with E-state index in [2.05, 4.69) is 64.6 Å². The third-order valence-electron chi connectivity index (χ3n) is 4.11. The summed E-state index contributed by atoms with van der Waals surface area (Å²) in [5, 5.41) is 0. The van der Waals surface area contributed by atoms with Crippen molar-refractivity contribution in [2.45, 2.75) is 18.3 Å². The number of benzene rings is 2. The first-order valence-corrected chi connectivity index (χ1v) is 7.07. The summed E-state index contributed by atoms with van der Waals surface area (Å²) >= 11 is 0. The molecule has 2 nitrogen and oxygen atoms in total. The van der Waals surface area contributed by atoms with E-state index < -0.39 is 0 Å². The molecule has 0 aliphatic heterocycles. The first kappa shape index (κ1) is 11.5. The van der Waals surface area contributed by atoms with Crippen LogP contribution in [0.15, 0.2) is 67.0 Å². The Kier molecular flexibility index (Phi) is 2.66. The fourth-order valence-electron chi connectivity index (χ4n) is 3.02. The second kappa shape index (κ2) is 4.64.